The van der Waals surface area contributed by atoms with E-state index in [1.807, 2.05) is 19.9 Å². The number of hydrogen-bond acceptors (Lipinski definition) is 4. The van der Waals surface area contributed by atoms with E-state index in [2.05, 4.69) is 5.32 Å². The van der Waals surface area contributed by atoms with Gasteiger partial charge in [-0.3, -0.25) is 14.5 Å². The third-order valence-corrected chi connectivity index (χ3v) is 4.67. The fraction of sp³-hybridized carbons (Fsp3) is 0.471. The number of nitrogens with one attached hydrogen (secondary N) is 1. The minimum atomic E-state index is -1.13. The van der Waals surface area contributed by atoms with Crippen molar-refractivity contribution in [2.24, 2.45) is 0 Å². The highest BCUT2D eigenvalue weighted by molar-refractivity contribution is 6.09. The Bertz CT molecular complexity index is 686. The molecule has 2 aliphatic heterocycles. The van der Waals surface area contributed by atoms with Crippen LogP contribution in [0.4, 0.5) is 4.79 Å². The van der Waals surface area contributed by atoms with Gasteiger partial charge in [0.1, 0.15) is 12.3 Å². The average Bonchev–Trinajstić information content (AvgIpc) is 2.81. The number of fused-ring (bicyclic) bond motifs is 2. The zero-order chi connectivity index (χ0) is 17.3. The molecule has 24 heavy (non-hydrogen) atoms. The summed E-state index contributed by atoms with van der Waals surface area (Å²) in [6.45, 7) is 4.91. The summed E-state index contributed by atoms with van der Waals surface area (Å²) in [5.74, 6) is -0.0287. The minimum absolute atomic E-state index is 0.235. The zero-order valence-electron chi connectivity index (χ0n) is 13.9. The molecule has 0 saturated carbocycles. The summed E-state index contributed by atoms with van der Waals surface area (Å²) in [6, 6.07) is 6.65. The lowest BCUT2D eigenvalue weighted by molar-refractivity contribution is -0.139. The smallest absolute Gasteiger partial charge is 0.325 e. The second-order valence-corrected chi connectivity index (χ2v) is 5.89. The molecule has 1 N–H and O–H groups in total. The first-order valence-electron chi connectivity index (χ1n) is 8.17. The number of carbonyl (C=O) groups excluding carboxylic acids is 3. The van der Waals surface area contributed by atoms with Gasteiger partial charge in [0.25, 0.3) is 5.91 Å². The molecular weight excluding hydrogens is 310 g/mol. The van der Waals surface area contributed by atoms with Crippen LogP contribution in [0.3, 0.4) is 0 Å². The summed E-state index contributed by atoms with van der Waals surface area (Å²) in [5, 5.41) is 2.79. The van der Waals surface area contributed by atoms with Crippen LogP contribution in [0.25, 0.3) is 0 Å². The van der Waals surface area contributed by atoms with E-state index in [9.17, 15) is 14.4 Å². The van der Waals surface area contributed by atoms with Crippen molar-refractivity contribution < 1.29 is 19.1 Å². The topological polar surface area (TPSA) is 79.0 Å². The number of nitrogens with zero attached hydrogens (tertiary/aromatic N) is 2. The van der Waals surface area contributed by atoms with Crippen LogP contribution in [0.1, 0.15) is 25.8 Å². The highest BCUT2D eigenvalue weighted by atomic mass is 16.5. The highest BCUT2D eigenvalue weighted by Crippen LogP contribution is 2.40. The second-order valence-electron chi connectivity index (χ2n) is 5.89. The molecule has 1 atom stereocenters. The first kappa shape index (κ1) is 16.3. The van der Waals surface area contributed by atoms with Gasteiger partial charge < -0.3 is 15.0 Å². The normalized spacial score (nSPS) is 22.2. The molecule has 0 aromatic heterocycles. The number of rotatable bonds is 4. The van der Waals surface area contributed by atoms with Gasteiger partial charge in [-0.2, -0.15) is 0 Å². The molecular formula is C17H21N3O4. The van der Waals surface area contributed by atoms with E-state index in [1.165, 1.54) is 0 Å². The first-order chi connectivity index (χ1) is 11.5. The van der Waals surface area contributed by atoms with Crippen LogP contribution in [-0.4, -0.2) is 53.9 Å². The van der Waals surface area contributed by atoms with Crippen molar-refractivity contribution >= 4 is 17.8 Å². The van der Waals surface area contributed by atoms with Crippen LogP contribution in [0.5, 0.6) is 5.75 Å². The van der Waals surface area contributed by atoms with Crippen molar-refractivity contribution in [1.29, 1.82) is 0 Å². The van der Waals surface area contributed by atoms with Gasteiger partial charge in [0.2, 0.25) is 5.91 Å². The molecule has 1 saturated heterocycles. The van der Waals surface area contributed by atoms with Crippen molar-refractivity contribution in [2.75, 3.05) is 26.2 Å². The maximum Gasteiger partial charge on any atom is 0.325 e. The lowest BCUT2D eigenvalue weighted by atomic mass is 9.84. The van der Waals surface area contributed by atoms with Gasteiger partial charge in [-0.25, -0.2) is 4.79 Å². The Morgan fingerprint density at radius 2 is 2.00 bits per heavy atom. The largest absolute Gasteiger partial charge is 0.493 e. The van der Waals surface area contributed by atoms with Gasteiger partial charge in [0.15, 0.2) is 5.54 Å². The number of ether oxygens (including phenoxy) is 1. The Morgan fingerprint density at radius 1 is 1.29 bits per heavy atom. The monoisotopic (exact) mass is 331 g/mol. The molecule has 3 rings (SSSR count). The van der Waals surface area contributed by atoms with E-state index in [4.69, 9.17) is 4.74 Å². The maximum absolute atomic E-state index is 13.0. The van der Waals surface area contributed by atoms with E-state index >= 15 is 0 Å². The SMILES string of the molecule is CCN(CC)C(=O)CN1C(=O)N[C@@]2(CCOc3ccccc32)C1=O. The Balaban J connectivity index is 1.89. The molecule has 4 amide bonds. The van der Waals surface area contributed by atoms with Crippen LogP contribution in [0, 0.1) is 0 Å². The van der Waals surface area contributed by atoms with Crippen molar-refractivity contribution in [3.63, 3.8) is 0 Å². The van der Waals surface area contributed by atoms with Crippen LogP contribution >= 0.6 is 0 Å². The summed E-state index contributed by atoms with van der Waals surface area (Å²) in [4.78, 5) is 40.3. The highest BCUT2D eigenvalue weighted by Gasteiger charge is 2.55. The number of imide groups is 1. The van der Waals surface area contributed by atoms with Crippen LogP contribution in [0.2, 0.25) is 0 Å². The number of carbonyl (C=O) groups is 3. The molecule has 1 aromatic rings. The van der Waals surface area contributed by atoms with E-state index in [-0.39, 0.29) is 18.4 Å². The molecule has 1 aromatic carbocycles. The van der Waals surface area contributed by atoms with E-state index in [0.717, 1.165) is 4.90 Å². The summed E-state index contributed by atoms with van der Waals surface area (Å²) < 4.78 is 5.59. The van der Waals surface area contributed by atoms with Gasteiger partial charge in [-0.1, -0.05) is 18.2 Å². The average molecular weight is 331 g/mol. The fourth-order valence-corrected chi connectivity index (χ4v) is 3.33. The van der Waals surface area contributed by atoms with Crippen molar-refractivity contribution in [2.45, 2.75) is 25.8 Å². The molecule has 7 nitrogen and oxygen atoms in total. The van der Waals surface area contributed by atoms with Crippen molar-refractivity contribution in [1.82, 2.24) is 15.1 Å². The minimum Gasteiger partial charge on any atom is -0.493 e. The van der Waals surface area contributed by atoms with Crippen molar-refractivity contribution in [3.8, 4) is 5.75 Å². The number of hydrogen-bond donors (Lipinski definition) is 1. The van der Waals surface area contributed by atoms with Crippen LogP contribution < -0.4 is 10.1 Å². The van der Waals surface area contributed by atoms with Gasteiger partial charge in [0.05, 0.1) is 6.61 Å². The molecule has 1 spiro atoms. The number of benzene rings is 1. The quantitative estimate of drug-likeness (QED) is 0.838. The van der Waals surface area contributed by atoms with E-state index in [1.54, 1.807) is 23.1 Å². The predicted molar refractivity (Wildman–Crippen MR) is 86.4 cm³/mol. The molecule has 1 fully saturated rings. The summed E-state index contributed by atoms with van der Waals surface area (Å²) >= 11 is 0. The summed E-state index contributed by atoms with van der Waals surface area (Å²) in [5.41, 5.74) is -0.484. The van der Waals surface area contributed by atoms with Gasteiger partial charge in [-0.05, 0) is 19.9 Å². The first-order valence-corrected chi connectivity index (χ1v) is 8.17. The number of likely N-dealkylation sites (N-methyl/N-ethyl adjacent to an activating group) is 1. The van der Waals surface area contributed by atoms with Gasteiger partial charge >= 0.3 is 6.03 Å². The van der Waals surface area contributed by atoms with Gasteiger partial charge in [0, 0.05) is 25.1 Å². The molecule has 0 bridgehead atoms. The van der Waals surface area contributed by atoms with Crippen LogP contribution in [-0.2, 0) is 15.1 Å². The number of para-hydroxylation sites is 1. The number of amides is 4. The molecule has 0 aliphatic carbocycles. The lowest BCUT2D eigenvalue weighted by Crippen LogP contribution is -2.48. The Hall–Kier alpha value is -2.57. The predicted octanol–water partition coefficient (Wildman–Crippen LogP) is 1.08. The Morgan fingerprint density at radius 3 is 2.71 bits per heavy atom. The summed E-state index contributed by atoms with van der Waals surface area (Å²) in [7, 11) is 0. The standard InChI is InChI=1S/C17H21N3O4/c1-3-19(4-2)14(21)11-20-15(22)17(18-16(20)23)9-10-24-13-8-6-5-7-12(13)17/h5-8H,3-4,9-11H2,1-2H3,(H,18,23)/t17-/m1/s1. The number of urea groups is 1. The second kappa shape index (κ2) is 6.14. The molecule has 0 radical (unpaired) electrons. The van der Waals surface area contributed by atoms with Gasteiger partial charge in [-0.15, -0.1) is 0 Å². The fourth-order valence-electron chi connectivity index (χ4n) is 3.33. The molecule has 0 unspecified atom stereocenters. The molecule has 2 aliphatic rings. The van der Waals surface area contributed by atoms with E-state index < -0.39 is 11.6 Å². The zero-order valence-corrected chi connectivity index (χ0v) is 13.9. The third-order valence-electron chi connectivity index (χ3n) is 4.67. The Labute approximate surface area is 140 Å². The molecule has 7 heteroatoms. The summed E-state index contributed by atoms with van der Waals surface area (Å²) in [6.07, 6.45) is 0.352. The molecule has 2 heterocycles. The van der Waals surface area contributed by atoms with Crippen molar-refractivity contribution in [3.05, 3.63) is 29.8 Å². The van der Waals surface area contributed by atoms with E-state index in [0.29, 0.717) is 37.4 Å². The lowest BCUT2D eigenvalue weighted by Gasteiger charge is -2.33. The molecule has 128 valence electrons. The maximum atomic E-state index is 13.0. The van der Waals surface area contributed by atoms with Crippen LogP contribution in [0.15, 0.2) is 24.3 Å². The third kappa shape index (κ3) is 2.40. The Kier molecular flexibility index (Phi) is 4.17.